The van der Waals surface area contributed by atoms with Gasteiger partial charge in [0, 0.05) is 39.0 Å². The van der Waals surface area contributed by atoms with Crippen molar-refractivity contribution in [1.29, 1.82) is 0 Å². The lowest BCUT2D eigenvalue weighted by molar-refractivity contribution is 0.000250. The van der Waals surface area contributed by atoms with Gasteiger partial charge < -0.3 is 19.5 Å². The quantitative estimate of drug-likeness (QED) is 0.843. The largest absolute Gasteiger partial charge is 0.441 e. The van der Waals surface area contributed by atoms with Crippen LogP contribution in [0, 0.1) is 6.92 Å². The molecule has 3 heterocycles. The lowest BCUT2D eigenvalue weighted by Crippen LogP contribution is -2.47. The third-order valence-electron chi connectivity index (χ3n) is 4.10. The van der Waals surface area contributed by atoms with Crippen molar-refractivity contribution < 1.29 is 9.53 Å². The number of hydrogen-bond acceptors (Lipinski definition) is 5. The monoisotopic (exact) mass is 265 g/mol. The van der Waals surface area contributed by atoms with E-state index >= 15 is 0 Å². The third-order valence-corrected chi connectivity index (χ3v) is 4.10. The summed E-state index contributed by atoms with van der Waals surface area (Å²) in [7, 11) is 0. The summed E-state index contributed by atoms with van der Waals surface area (Å²) < 4.78 is 7.46. The summed E-state index contributed by atoms with van der Waals surface area (Å²) in [6.45, 7) is 6.44. The zero-order chi connectivity index (χ0) is 13.3. The second-order valence-electron chi connectivity index (χ2n) is 5.34. The molecular formula is C12H19N5O2. The average Bonchev–Trinajstić information content (AvgIpc) is 2.97. The standard InChI is InChI=1S/C12H19N5O2/c1-10-15-14-9-17(10)7-6-16-4-2-12(3-5-16)8-13-11(18)19-12/h9H,2-8H2,1H3,(H,13,18). The Bertz CT molecular complexity index is 464. The fourth-order valence-electron chi connectivity index (χ4n) is 2.75. The van der Waals surface area contributed by atoms with E-state index in [2.05, 4.69) is 25.0 Å². The molecular weight excluding hydrogens is 246 g/mol. The van der Waals surface area contributed by atoms with Crippen LogP contribution in [0.3, 0.4) is 0 Å². The lowest BCUT2D eigenvalue weighted by Gasteiger charge is -2.37. The summed E-state index contributed by atoms with van der Waals surface area (Å²) in [6.07, 6.45) is 3.32. The van der Waals surface area contributed by atoms with Crippen molar-refractivity contribution in [3.63, 3.8) is 0 Å². The molecule has 104 valence electrons. The van der Waals surface area contributed by atoms with E-state index in [0.29, 0.717) is 6.54 Å². The van der Waals surface area contributed by atoms with E-state index in [9.17, 15) is 4.79 Å². The second-order valence-corrected chi connectivity index (χ2v) is 5.34. The highest BCUT2D eigenvalue weighted by molar-refractivity contribution is 5.70. The van der Waals surface area contributed by atoms with Crippen LogP contribution in [-0.2, 0) is 11.3 Å². The summed E-state index contributed by atoms with van der Waals surface area (Å²) >= 11 is 0. The first kappa shape index (κ1) is 12.4. The predicted molar refractivity (Wildman–Crippen MR) is 67.6 cm³/mol. The SMILES string of the molecule is Cc1nncn1CCN1CCC2(CC1)CNC(=O)O2. The fourth-order valence-corrected chi connectivity index (χ4v) is 2.75. The van der Waals surface area contributed by atoms with Crippen LogP contribution in [0.15, 0.2) is 6.33 Å². The minimum absolute atomic E-state index is 0.250. The maximum Gasteiger partial charge on any atom is 0.407 e. The molecule has 3 rings (SSSR count). The molecule has 19 heavy (non-hydrogen) atoms. The van der Waals surface area contributed by atoms with Gasteiger partial charge in [-0.1, -0.05) is 0 Å². The van der Waals surface area contributed by atoms with Gasteiger partial charge >= 0.3 is 6.09 Å². The molecule has 7 nitrogen and oxygen atoms in total. The number of amides is 1. The molecule has 2 fully saturated rings. The van der Waals surface area contributed by atoms with Crippen molar-refractivity contribution in [2.45, 2.75) is 31.9 Å². The van der Waals surface area contributed by atoms with E-state index in [1.54, 1.807) is 6.33 Å². The molecule has 0 aromatic carbocycles. The van der Waals surface area contributed by atoms with Crippen LogP contribution < -0.4 is 5.32 Å². The van der Waals surface area contributed by atoms with Gasteiger partial charge in [-0.3, -0.25) is 0 Å². The first-order valence-corrected chi connectivity index (χ1v) is 6.71. The van der Waals surface area contributed by atoms with Crippen molar-refractivity contribution in [3.8, 4) is 0 Å². The first-order valence-electron chi connectivity index (χ1n) is 6.71. The minimum Gasteiger partial charge on any atom is -0.441 e. The van der Waals surface area contributed by atoms with Gasteiger partial charge in [0.25, 0.3) is 0 Å². The number of rotatable bonds is 3. The van der Waals surface area contributed by atoms with Crippen molar-refractivity contribution in [2.24, 2.45) is 0 Å². The Labute approximate surface area is 111 Å². The molecule has 1 amide bonds. The molecule has 0 bridgehead atoms. The Kier molecular flexibility index (Phi) is 3.14. The number of carbonyl (C=O) groups is 1. The Hall–Kier alpha value is -1.63. The van der Waals surface area contributed by atoms with E-state index in [1.165, 1.54) is 0 Å². The van der Waals surface area contributed by atoms with E-state index in [1.807, 2.05) is 6.92 Å². The highest BCUT2D eigenvalue weighted by Gasteiger charge is 2.42. The number of alkyl carbamates (subject to hydrolysis) is 1. The van der Waals surface area contributed by atoms with Gasteiger partial charge in [0.2, 0.25) is 0 Å². The number of likely N-dealkylation sites (tertiary alicyclic amines) is 1. The van der Waals surface area contributed by atoms with E-state index in [-0.39, 0.29) is 11.7 Å². The lowest BCUT2D eigenvalue weighted by atomic mass is 9.92. The predicted octanol–water partition coefficient (Wildman–Crippen LogP) is 0.161. The van der Waals surface area contributed by atoms with Crippen LogP contribution in [0.5, 0.6) is 0 Å². The highest BCUT2D eigenvalue weighted by Crippen LogP contribution is 2.28. The minimum atomic E-state index is -0.270. The summed E-state index contributed by atoms with van der Waals surface area (Å²) in [6, 6.07) is 0. The molecule has 2 saturated heterocycles. The van der Waals surface area contributed by atoms with Crippen LogP contribution in [0.1, 0.15) is 18.7 Å². The van der Waals surface area contributed by atoms with E-state index < -0.39 is 0 Å². The summed E-state index contributed by atoms with van der Waals surface area (Å²) in [4.78, 5) is 13.6. The normalized spacial score (nSPS) is 22.5. The molecule has 1 aromatic rings. The van der Waals surface area contributed by atoms with Gasteiger partial charge in [0.05, 0.1) is 6.54 Å². The van der Waals surface area contributed by atoms with Crippen molar-refractivity contribution in [1.82, 2.24) is 25.0 Å². The Morgan fingerprint density at radius 1 is 1.42 bits per heavy atom. The fraction of sp³-hybridized carbons (Fsp3) is 0.750. The van der Waals surface area contributed by atoms with Gasteiger partial charge in [-0.25, -0.2) is 4.79 Å². The zero-order valence-corrected chi connectivity index (χ0v) is 11.1. The van der Waals surface area contributed by atoms with E-state index in [0.717, 1.165) is 44.8 Å². The number of piperidine rings is 1. The third kappa shape index (κ3) is 2.56. The average molecular weight is 265 g/mol. The maximum atomic E-state index is 11.2. The number of hydrogen-bond donors (Lipinski definition) is 1. The molecule has 0 atom stereocenters. The summed E-state index contributed by atoms with van der Waals surface area (Å²) in [5, 5.41) is 10.6. The number of nitrogens with one attached hydrogen (secondary N) is 1. The van der Waals surface area contributed by atoms with Crippen molar-refractivity contribution >= 4 is 6.09 Å². The van der Waals surface area contributed by atoms with Gasteiger partial charge in [-0.15, -0.1) is 10.2 Å². The molecule has 1 N–H and O–H groups in total. The number of aryl methyl sites for hydroxylation is 1. The van der Waals surface area contributed by atoms with Crippen LogP contribution in [0.25, 0.3) is 0 Å². The molecule has 1 spiro atoms. The molecule has 1 aromatic heterocycles. The maximum absolute atomic E-state index is 11.2. The number of aromatic nitrogens is 3. The van der Waals surface area contributed by atoms with Crippen LogP contribution in [0.2, 0.25) is 0 Å². The molecule has 7 heteroatoms. The molecule has 0 radical (unpaired) electrons. The smallest absolute Gasteiger partial charge is 0.407 e. The molecule has 0 unspecified atom stereocenters. The van der Waals surface area contributed by atoms with Gasteiger partial charge in [-0.2, -0.15) is 0 Å². The molecule has 2 aliphatic heterocycles. The summed E-state index contributed by atoms with van der Waals surface area (Å²) in [5.41, 5.74) is -0.250. The van der Waals surface area contributed by atoms with Crippen LogP contribution >= 0.6 is 0 Å². The molecule has 0 saturated carbocycles. The topological polar surface area (TPSA) is 72.3 Å². The second kappa shape index (κ2) is 4.80. The summed E-state index contributed by atoms with van der Waals surface area (Å²) in [5.74, 6) is 0.947. The number of ether oxygens (including phenoxy) is 1. The number of carbonyl (C=O) groups excluding carboxylic acids is 1. The number of nitrogens with zero attached hydrogens (tertiary/aromatic N) is 4. The Balaban J connectivity index is 1.48. The highest BCUT2D eigenvalue weighted by atomic mass is 16.6. The van der Waals surface area contributed by atoms with Gasteiger partial charge in [0.1, 0.15) is 17.8 Å². The van der Waals surface area contributed by atoms with Crippen molar-refractivity contribution in [3.05, 3.63) is 12.2 Å². The van der Waals surface area contributed by atoms with Crippen LogP contribution in [0.4, 0.5) is 4.79 Å². The van der Waals surface area contributed by atoms with E-state index in [4.69, 9.17) is 4.74 Å². The molecule has 0 aliphatic carbocycles. The zero-order valence-electron chi connectivity index (χ0n) is 11.1. The van der Waals surface area contributed by atoms with Crippen LogP contribution in [-0.4, -0.2) is 57.5 Å². The first-order chi connectivity index (χ1) is 9.17. The van der Waals surface area contributed by atoms with Gasteiger partial charge in [-0.05, 0) is 6.92 Å². The Morgan fingerprint density at radius 2 is 2.21 bits per heavy atom. The van der Waals surface area contributed by atoms with Crippen molar-refractivity contribution in [2.75, 3.05) is 26.2 Å². The molecule has 2 aliphatic rings. The van der Waals surface area contributed by atoms with Gasteiger partial charge in [0.15, 0.2) is 0 Å². The Morgan fingerprint density at radius 3 is 2.79 bits per heavy atom.